The first kappa shape index (κ1) is 26.1. The number of carbonyl (C=O) groups excluding carboxylic acids is 3. The minimum atomic E-state index is -1.07. The molecule has 3 amide bonds. The van der Waals surface area contributed by atoms with E-state index < -0.39 is 23.5 Å². The van der Waals surface area contributed by atoms with E-state index in [1.807, 2.05) is 0 Å². The van der Waals surface area contributed by atoms with Crippen molar-refractivity contribution < 1.29 is 33.0 Å². The molecular weight excluding hydrogens is 493 g/mol. The van der Waals surface area contributed by atoms with E-state index >= 15 is 0 Å². The molecule has 9 nitrogen and oxygen atoms in total. The van der Waals surface area contributed by atoms with Gasteiger partial charge < -0.3 is 24.4 Å². The van der Waals surface area contributed by atoms with Crippen molar-refractivity contribution in [3.05, 3.63) is 65.5 Å². The molecule has 0 unspecified atom stereocenters. The third kappa shape index (κ3) is 5.10. The van der Waals surface area contributed by atoms with E-state index in [0.717, 1.165) is 12.8 Å². The summed E-state index contributed by atoms with van der Waals surface area (Å²) in [5.74, 6) is -1.12. The van der Waals surface area contributed by atoms with Crippen molar-refractivity contribution in [1.82, 2.24) is 15.1 Å². The Kier molecular flexibility index (Phi) is 7.62. The van der Waals surface area contributed by atoms with Gasteiger partial charge in [-0.05, 0) is 43.2 Å². The van der Waals surface area contributed by atoms with Crippen LogP contribution in [0, 0.1) is 5.82 Å². The Bertz CT molecular complexity index is 1190. The van der Waals surface area contributed by atoms with Gasteiger partial charge in [-0.3, -0.25) is 19.3 Å². The Labute approximate surface area is 220 Å². The lowest BCUT2D eigenvalue weighted by molar-refractivity contribution is -0.128. The second-order valence-electron chi connectivity index (χ2n) is 9.83. The SMILES string of the molecule is COc1cccc(C(=O)N2[C@H](C(=O)NC[C@H]3CCCO3)COC23CCN(C(=O)c2ccccc2F)CC3)c1. The highest BCUT2D eigenvalue weighted by Crippen LogP contribution is 2.39. The first-order valence-electron chi connectivity index (χ1n) is 13.0. The molecule has 1 spiro atoms. The van der Waals surface area contributed by atoms with Gasteiger partial charge in [-0.25, -0.2) is 4.39 Å². The molecule has 202 valence electrons. The van der Waals surface area contributed by atoms with Crippen LogP contribution in [0.1, 0.15) is 46.4 Å². The summed E-state index contributed by atoms with van der Waals surface area (Å²) in [5, 5.41) is 2.93. The maximum Gasteiger partial charge on any atom is 0.257 e. The van der Waals surface area contributed by atoms with Crippen molar-refractivity contribution in [3.8, 4) is 5.75 Å². The van der Waals surface area contributed by atoms with Crippen LogP contribution in [0.5, 0.6) is 5.75 Å². The van der Waals surface area contributed by atoms with Crippen LogP contribution in [-0.2, 0) is 14.3 Å². The topological polar surface area (TPSA) is 97.4 Å². The maximum absolute atomic E-state index is 14.2. The summed E-state index contributed by atoms with van der Waals surface area (Å²) in [5.41, 5.74) is -0.694. The fraction of sp³-hybridized carbons (Fsp3) is 0.464. The van der Waals surface area contributed by atoms with E-state index in [2.05, 4.69) is 5.32 Å². The molecule has 0 radical (unpaired) electrons. The number of nitrogens with zero attached hydrogens (tertiary/aromatic N) is 2. The van der Waals surface area contributed by atoms with Gasteiger partial charge in [0.25, 0.3) is 11.8 Å². The smallest absolute Gasteiger partial charge is 0.257 e. The molecule has 10 heteroatoms. The van der Waals surface area contributed by atoms with Gasteiger partial charge >= 0.3 is 0 Å². The van der Waals surface area contributed by atoms with Crippen LogP contribution in [0.15, 0.2) is 48.5 Å². The van der Waals surface area contributed by atoms with E-state index in [1.165, 1.54) is 30.2 Å². The molecule has 3 heterocycles. The number of likely N-dealkylation sites (tertiary alicyclic amines) is 1. The van der Waals surface area contributed by atoms with E-state index in [-0.39, 0.29) is 43.2 Å². The summed E-state index contributed by atoms with van der Waals surface area (Å²) in [4.78, 5) is 43.3. The Morgan fingerprint density at radius 3 is 2.61 bits per heavy atom. The Balaban J connectivity index is 1.36. The number of halogens is 1. The molecule has 3 saturated heterocycles. The highest BCUT2D eigenvalue weighted by molar-refractivity contribution is 5.99. The van der Waals surface area contributed by atoms with E-state index in [1.54, 1.807) is 35.2 Å². The quantitative estimate of drug-likeness (QED) is 0.623. The van der Waals surface area contributed by atoms with Crippen molar-refractivity contribution in [3.63, 3.8) is 0 Å². The highest BCUT2D eigenvalue weighted by atomic mass is 19.1. The number of hydrogen-bond acceptors (Lipinski definition) is 6. The van der Waals surface area contributed by atoms with E-state index in [4.69, 9.17) is 14.2 Å². The predicted octanol–water partition coefficient (Wildman–Crippen LogP) is 2.60. The molecule has 1 N–H and O–H groups in total. The zero-order valence-electron chi connectivity index (χ0n) is 21.4. The van der Waals surface area contributed by atoms with Crippen molar-refractivity contribution in [2.24, 2.45) is 0 Å². The lowest BCUT2D eigenvalue weighted by atomic mass is 9.96. The van der Waals surface area contributed by atoms with Crippen LogP contribution in [-0.4, -0.2) is 85.3 Å². The fourth-order valence-corrected chi connectivity index (χ4v) is 5.46. The summed E-state index contributed by atoms with van der Waals surface area (Å²) >= 11 is 0. The number of methoxy groups -OCH3 is 1. The molecule has 0 aromatic heterocycles. The Morgan fingerprint density at radius 1 is 1.11 bits per heavy atom. The third-order valence-corrected chi connectivity index (χ3v) is 7.56. The summed E-state index contributed by atoms with van der Waals surface area (Å²) < 4.78 is 31.4. The fourth-order valence-electron chi connectivity index (χ4n) is 5.46. The average Bonchev–Trinajstić information content (AvgIpc) is 3.60. The average molecular weight is 526 g/mol. The second-order valence-corrected chi connectivity index (χ2v) is 9.83. The predicted molar refractivity (Wildman–Crippen MR) is 135 cm³/mol. The molecule has 0 bridgehead atoms. The first-order chi connectivity index (χ1) is 18.4. The normalized spacial score (nSPS) is 22.5. The van der Waals surface area contributed by atoms with Gasteiger partial charge in [0.05, 0.1) is 25.4 Å². The van der Waals surface area contributed by atoms with Gasteiger partial charge in [-0.2, -0.15) is 0 Å². The highest BCUT2D eigenvalue weighted by Gasteiger charge is 2.54. The van der Waals surface area contributed by atoms with Crippen molar-refractivity contribution in [2.75, 3.05) is 40.0 Å². The molecule has 3 fully saturated rings. The monoisotopic (exact) mass is 525 g/mol. The van der Waals surface area contributed by atoms with Gasteiger partial charge in [0, 0.05) is 44.6 Å². The Morgan fingerprint density at radius 2 is 1.89 bits per heavy atom. The van der Waals surface area contributed by atoms with Gasteiger partial charge in [-0.15, -0.1) is 0 Å². The molecule has 38 heavy (non-hydrogen) atoms. The summed E-state index contributed by atoms with van der Waals surface area (Å²) in [6.45, 7) is 1.58. The lowest BCUT2D eigenvalue weighted by Gasteiger charge is -2.44. The number of carbonyl (C=O) groups is 3. The lowest BCUT2D eigenvalue weighted by Crippen LogP contribution is -2.60. The molecule has 2 aromatic rings. The van der Waals surface area contributed by atoms with Crippen LogP contribution < -0.4 is 10.1 Å². The molecule has 2 aromatic carbocycles. The molecule has 3 aliphatic heterocycles. The van der Waals surface area contributed by atoms with Gasteiger partial charge in [0.1, 0.15) is 23.3 Å². The van der Waals surface area contributed by atoms with Crippen LogP contribution in [0.25, 0.3) is 0 Å². The van der Waals surface area contributed by atoms with Gasteiger partial charge in [0.15, 0.2) is 0 Å². The van der Waals surface area contributed by atoms with E-state index in [0.29, 0.717) is 37.3 Å². The van der Waals surface area contributed by atoms with Gasteiger partial charge in [0.2, 0.25) is 5.91 Å². The van der Waals surface area contributed by atoms with Gasteiger partial charge in [-0.1, -0.05) is 18.2 Å². The zero-order chi connectivity index (χ0) is 26.7. The summed E-state index contributed by atoms with van der Waals surface area (Å²) in [6, 6.07) is 11.8. The molecule has 3 aliphatic rings. The van der Waals surface area contributed by atoms with Crippen LogP contribution >= 0.6 is 0 Å². The standard InChI is InChI=1S/C28H32FN3O6/c1-36-20-7-4-6-19(16-20)26(34)32-24(25(33)30-17-21-8-5-15-37-21)18-38-28(32)11-13-31(14-12-28)27(35)22-9-2-3-10-23(22)29/h2-4,6-7,9-10,16,21,24H,5,8,11-15,17-18H2,1H3,(H,30,33)/t21-,24+/m1/s1. The van der Waals surface area contributed by atoms with Crippen molar-refractivity contribution in [2.45, 2.75) is 43.6 Å². The van der Waals surface area contributed by atoms with E-state index in [9.17, 15) is 18.8 Å². The third-order valence-electron chi connectivity index (χ3n) is 7.56. The molecular formula is C28H32FN3O6. The first-order valence-corrected chi connectivity index (χ1v) is 13.0. The number of hydrogen-bond donors (Lipinski definition) is 1. The summed E-state index contributed by atoms with van der Waals surface area (Å²) in [7, 11) is 1.52. The second kappa shape index (κ2) is 11.1. The van der Waals surface area contributed by atoms with Crippen LogP contribution in [0.2, 0.25) is 0 Å². The molecule has 5 rings (SSSR count). The zero-order valence-corrected chi connectivity index (χ0v) is 21.4. The summed E-state index contributed by atoms with van der Waals surface area (Å²) in [6.07, 6.45) is 2.38. The minimum Gasteiger partial charge on any atom is -0.497 e. The van der Waals surface area contributed by atoms with Crippen LogP contribution in [0.4, 0.5) is 4.39 Å². The minimum absolute atomic E-state index is 0.00601. The largest absolute Gasteiger partial charge is 0.497 e. The van der Waals surface area contributed by atoms with Crippen molar-refractivity contribution in [1.29, 1.82) is 0 Å². The number of rotatable bonds is 6. The molecule has 0 aliphatic carbocycles. The molecule has 2 atom stereocenters. The number of piperidine rings is 1. The van der Waals surface area contributed by atoms with Crippen molar-refractivity contribution >= 4 is 17.7 Å². The number of nitrogens with one attached hydrogen (secondary N) is 1. The maximum atomic E-state index is 14.2. The van der Waals surface area contributed by atoms with Crippen LogP contribution in [0.3, 0.4) is 0 Å². The number of amides is 3. The molecule has 0 saturated carbocycles. The number of ether oxygens (including phenoxy) is 3. The Hall–Kier alpha value is -3.50. The number of benzene rings is 2.